The molecule has 0 amide bonds. The lowest BCUT2D eigenvalue weighted by molar-refractivity contribution is -0.137. The topological polar surface area (TPSA) is 105 Å². The Hall–Kier alpha value is -4.72. The van der Waals surface area contributed by atoms with E-state index >= 15 is 0 Å². The van der Waals surface area contributed by atoms with E-state index in [0.29, 0.717) is 30.8 Å². The fraction of sp³-hybridized carbons (Fsp3) is 0.172. The third-order valence-corrected chi connectivity index (χ3v) is 5.06. The Morgan fingerprint density at radius 2 is 1.38 bits per heavy atom. The van der Waals surface area contributed by atoms with Crippen molar-refractivity contribution in [2.24, 2.45) is 0 Å². The minimum absolute atomic E-state index is 0.0201. The molecule has 0 aliphatic carbocycles. The maximum absolute atomic E-state index is 12.7. The first-order valence-corrected chi connectivity index (χ1v) is 11.5. The minimum atomic E-state index is -0.690. The van der Waals surface area contributed by atoms with Crippen molar-refractivity contribution < 1.29 is 38.1 Å². The number of hydrogen-bond acceptors (Lipinski definition) is 8. The van der Waals surface area contributed by atoms with Gasteiger partial charge in [-0.25, -0.2) is 14.4 Å². The fourth-order valence-electron chi connectivity index (χ4n) is 3.15. The fourth-order valence-corrected chi connectivity index (χ4v) is 3.15. The number of Topliss-reactive ketones (excluding diaryl/α,β-unsaturated/α-hetero) is 1. The van der Waals surface area contributed by atoms with E-state index in [4.69, 9.17) is 18.9 Å². The van der Waals surface area contributed by atoms with E-state index in [9.17, 15) is 19.2 Å². The quantitative estimate of drug-likeness (QED) is 0.109. The van der Waals surface area contributed by atoms with E-state index < -0.39 is 17.9 Å². The van der Waals surface area contributed by atoms with Crippen LogP contribution in [0, 0.1) is 0 Å². The van der Waals surface area contributed by atoms with Crippen LogP contribution >= 0.6 is 0 Å². The molecule has 0 saturated heterocycles. The molecule has 0 heterocycles. The summed E-state index contributed by atoms with van der Waals surface area (Å²) in [5.41, 5.74) is 0.770. The molecular weight excluding hydrogens is 476 g/mol. The zero-order chi connectivity index (χ0) is 26.6. The SMILES string of the molecule is C=CC(=O)OCCCCOc1ccc(C(=O)Oc2cc(OC(=O)c3ccccc3)ccc2C(C)=O)cc1. The Morgan fingerprint density at radius 3 is 2.05 bits per heavy atom. The van der Waals surface area contributed by atoms with E-state index in [1.807, 2.05) is 0 Å². The highest BCUT2D eigenvalue weighted by molar-refractivity contribution is 5.99. The zero-order valence-corrected chi connectivity index (χ0v) is 20.3. The highest BCUT2D eigenvalue weighted by atomic mass is 16.5. The summed E-state index contributed by atoms with van der Waals surface area (Å²) in [4.78, 5) is 48.1. The van der Waals surface area contributed by atoms with Crippen LogP contribution in [0.3, 0.4) is 0 Å². The first kappa shape index (κ1) is 26.9. The molecule has 8 heteroatoms. The number of ether oxygens (including phenoxy) is 4. The molecule has 0 aliphatic heterocycles. The van der Waals surface area contributed by atoms with Gasteiger partial charge in [0.2, 0.25) is 0 Å². The van der Waals surface area contributed by atoms with Crippen molar-refractivity contribution >= 4 is 23.7 Å². The molecule has 0 bridgehead atoms. The highest BCUT2D eigenvalue weighted by Crippen LogP contribution is 2.27. The van der Waals surface area contributed by atoms with Gasteiger partial charge in [0.25, 0.3) is 0 Å². The average molecular weight is 503 g/mol. The molecule has 0 fully saturated rings. The van der Waals surface area contributed by atoms with Crippen molar-refractivity contribution in [1.82, 2.24) is 0 Å². The van der Waals surface area contributed by atoms with Crippen LogP contribution in [0.1, 0.15) is 50.8 Å². The van der Waals surface area contributed by atoms with Gasteiger partial charge in [-0.05, 0) is 68.3 Å². The molecule has 0 N–H and O–H groups in total. The predicted octanol–water partition coefficient (Wildman–Crippen LogP) is 5.22. The lowest BCUT2D eigenvalue weighted by atomic mass is 10.1. The average Bonchev–Trinajstić information content (AvgIpc) is 2.91. The van der Waals surface area contributed by atoms with Gasteiger partial charge in [0.05, 0.1) is 29.9 Å². The number of rotatable bonds is 12. The number of ketones is 1. The summed E-state index contributed by atoms with van der Waals surface area (Å²) in [6.07, 6.45) is 2.43. The molecule has 3 rings (SSSR count). The predicted molar refractivity (Wildman–Crippen MR) is 135 cm³/mol. The molecule has 0 spiro atoms. The van der Waals surface area contributed by atoms with Gasteiger partial charge in [-0.2, -0.15) is 0 Å². The summed E-state index contributed by atoms with van der Waals surface area (Å²) in [5, 5.41) is 0. The normalized spacial score (nSPS) is 10.2. The number of hydrogen-bond donors (Lipinski definition) is 0. The first-order chi connectivity index (χ1) is 17.9. The van der Waals surface area contributed by atoms with E-state index in [2.05, 4.69) is 6.58 Å². The van der Waals surface area contributed by atoms with Gasteiger partial charge in [0.15, 0.2) is 5.78 Å². The Kier molecular flexibility index (Phi) is 9.73. The van der Waals surface area contributed by atoms with Crippen LogP contribution in [-0.2, 0) is 9.53 Å². The first-order valence-electron chi connectivity index (χ1n) is 11.5. The van der Waals surface area contributed by atoms with Gasteiger partial charge >= 0.3 is 17.9 Å². The monoisotopic (exact) mass is 502 g/mol. The van der Waals surface area contributed by atoms with Gasteiger partial charge in [-0.3, -0.25) is 4.79 Å². The van der Waals surface area contributed by atoms with Crippen molar-refractivity contribution in [1.29, 1.82) is 0 Å². The molecule has 0 radical (unpaired) electrons. The van der Waals surface area contributed by atoms with Crippen molar-refractivity contribution in [3.05, 3.63) is 102 Å². The summed E-state index contributed by atoms with van der Waals surface area (Å²) in [6, 6.07) is 19.0. The van der Waals surface area contributed by atoms with Crippen LogP contribution < -0.4 is 14.2 Å². The standard InChI is InChI=1S/C29H26O8/c1-3-27(31)35-18-8-7-17-34-23-13-11-22(12-14-23)29(33)37-26-19-24(15-16-25(26)20(2)30)36-28(32)21-9-5-4-6-10-21/h3-6,9-16,19H,1,7-8,17-18H2,2H3. The van der Waals surface area contributed by atoms with Crippen molar-refractivity contribution in [3.8, 4) is 17.2 Å². The van der Waals surface area contributed by atoms with Gasteiger partial charge in [-0.15, -0.1) is 0 Å². The number of esters is 3. The molecule has 0 atom stereocenters. The largest absolute Gasteiger partial charge is 0.494 e. The summed E-state index contributed by atoms with van der Waals surface area (Å²) < 4.78 is 21.4. The maximum atomic E-state index is 12.7. The van der Waals surface area contributed by atoms with E-state index in [1.165, 1.54) is 37.3 Å². The molecule has 3 aromatic carbocycles. The molecule has 0 unspecified atom stereocenters. The molecule has 8 nitrogen and oxygen atoms in total. The van der Waals surface area contributed by atoms with Crippen molar-refractivity contribution in [3.63, 3.8) is 0 Å². The maximum Gasteiger partial charge on any atom is 0.343 e. The second kappa shape index (κ2) is 13.4. The summed E-state index contributed by atoms with van der Waals surface area (Å²) >= 11 is 0. The Bertz CT molecular complexity index is 1260. The minimum Gasteiger partial charge on any atom is -0.494 e. The second-order valence-corrected chi connectivity index (χ2v) is 7.81. The van der Waals surface area contributed by atoms with Crippen LogP contribution in [-0.4, -0.2) is 36.9 Å². The molecule has 190 valence electrons. The number of benzene rings is 3. The zero-order valence-electron chi connectivity index (χ0n) is 20.3. The van der Waals surface area contributed by atoms with Crippen LogP contribution in [0.15, 0.2) is 85.5 Å². The van der Waals surface area contributed by atoms with E-state index in [0.717, 1.165) is 6.08 Å². The third-order valence-electron chi connectivity index (χ3n) is 5.06. The molecule has 0 aromatic heterocycles. The smallest absolute Gasteiger partial charge is 0.343 e. The van der Waals surface area contributed by atoms with Gasteiger partial charge in [0, 0.05) is 12.1 Å². The summed E-state index contributed by atoms with van der Waals surface area (Å²) in [7, 11) is 0. The summed E-state index contributed by atoms with van der Waals surface area (Å²) in [5.74, 6) is -1.38. The van der Waals surface area contributed by atoms with Gasteiger partial charge in [-0.1, -0.05) is 24.8 Å². The number of carbonyl (C=O) groups excluding carboxylic acids is 4. The lowest BCUT2D eigenvalue weighted by Gasteiger charge is -2.11. The Balaban J connectivity index is 1.59. The molecule has 0 aliphatic rings. The molecule has 3 aromatic rings. The van der Waals surface area contributed by atoms with Crippen LogP contribution in [0.5, 0.6) is 17.2 Å². The van der Waals surface area contributed by atoms with E-state index in [1.54, 1.807) is 42.5 Å². The highest BCUT2D eigenvalue weighted by Gasteiger charge is 2.17. The van der Waals surface area contributed by atoms with Crippen molar-refractivity contribution in [2.45, 2.75) is 19.8 Å². The van der Waals surface area contributed by atoms with Crippen LogP contribution in [0.25, 0.3) is 0 Å². The van der Waals surface area contributed by atoms with Crippen molar-refractivity contribution in [2.75, 3.05) is 13.2 Å². The third kappa shape index (κ3) is 8.17. The lowest BCUT2D eigenvalue weighted by Crippen LogP contribution is -2.12. The second-order valence-electron chi connectivity index (χ2n) is 7.81. The van der Waals surface area contributed by atoms with Gasteiger partial charge < -0.3 is 18.9 Å². The Morgan fingerprint density at radius 1 is 0.757 bits per heavy atom. The molecule has 37 heavy (non-hydrogen) atoms. The molecule has 0 saturated carbocycles. The summed E-state index contributed by atoms with van der Waals surface area (Å²) in [6.45, 7) is 5.37. The van der Waals surface area contributed by atoms with E-state index in [-0.39, 0.29) is 35.0 Å². The van der Waals surface area contributed by atoms with Gasteiger partial charge in [0.1, 0.15) is 17.2 Å². The number of unbranched alkanes of at least 4 members (excludes halogenated alkanes) is 1. The molecular formula is C29H26O8. The Labute approximate surface area is 214 Å². The number of carbonyl (C=O) groups is 4. The van der Waals surface area contributed by atoms with Crippen LogP contribution in [0.4, 0.5) is 0 Å². The van der Waals surface area contributed by atoms with Crippen LogP contribution in [0.2, 0.25) is 0 Å².